The van der Waals surface area contributed by atoms with Crippen LogP contribution in [-0.4, -0.2) is 34.9 Å². The van der Waals surface area contributed by atoms with E-state index in [4.69, 9.17) is 14.0 Å². The number of benzene rings is 1. The van der Waals surface area contributed by atoms with Gasteiger partial charge in [-0.1, -0.05) is 24.3 Å². The second-order valence-corrected chi connectivity index (χ2v) is 7.85. The van der Waals surface area contributed by atoms with E-state index in [0.29, 0.717) is 31.0 Å². The molecule has 2 aliphatic rings. The summed E-state index contributed by atoms with van der Waals surface area (Å²) >= 11 is 0. The van der Waals surface area contributed by atoms with Crippen molar-refractivity contribution in [1.82, 2.24) is 9.97 Å². The van der Waals surface area contributed by atoms with Gasteiger partial charge >= 0.3 is 7.12 Å². The highest BCUT2D eigenvalue weighted by Gasteiger charge is 2.51. The average Bonchev–Trinajstić information content (AvgIpc) is 2.83. The first kappa shape index (κ1) is 17.5. The van der Waals surface area contributed by atoms with Crippen LogP contribution in [0.5, 0.6) is 0 Å². The van der Waals surface area contributed by atoms with Gasteiger partial charge in [-0.25, -0.2) is 4.98 Å². The van der Waals surface area contributed by atoms with Crippen LogP contribution in [0, 0.1) is 0 Å². The van der Waals surface area contributed by atoms with E-state index in [0.717, 1.165) is 16.7 Å². The molecule has 0 amide bonds. The molecule has 2 aromatic rings. The highest BCUT2D eigenvalue weighted by Crippen LogP contribution is 2.36. The van der Waals surface area contributed by atoms with Crippen LogP contribution in [0.25, 0.3) is 11.4 Å². The van der Waals surface area contributed by atoms with Gasteiger partial charge in [0.15, 0.2) is 0 Å². The number of nitrogens with one attached hydrogen (secondary N) is 1. The monoisotopic (exact) mass is 354 g/mol. The number of hydrogen-bond acceptors (Lipinski definition) is 5. The molecule has 1 N–H and O–H groups in total. The minimum atomic E-state index is -0.401. The molecule has 1 fully saturated rings. The van der Waals surface area contributed by atoms with Crippen molar-refractivity contribution in [2.45, 2.75) is 51.9 Å². The lowest BCUT2D eigenvalue weighted by atomic mass is 9.79. The second-order valence-electron chi connectivity index (χ2n) is 7.85. The molecule has 7 heteroatoms. The van der Waals surface area contributed by atoms with Crippen molar-refractivity contribution in [2.75, 3.05) is 6.61 Å². The van der Waals surface area contributed by atoms with Crippen molar-refractivity contribution < 1.29 is 14.0 Å². The first-order valence-corrected chi connectivity index (χ1v) is 8.93. The maximum Gasteiger partial charge on any atom is 0.494 e. The second kappa shape index (κ2) is 6.04. The van der Waals surface area contributed by atoms with Crippen LogP contribution in [0.15, 0.2) is 29.1 Å². The lowest BCUT2D eigenvalue weighted by Gasteiger charge is -2.32. The summed E-state index contributed by atoms with van der Waals surface area (Å²) in [5.41, 5.74) is 2.39. The summed E-state index contributed by atoms with van der Waals surface area (Å²) < 4.78 is 17.5. The Morgan fingerprint density at radius 3 is 2.38 bits per heavy atom. The number of fused-ring (bicyclic) bond motifs is 1. The summed E-state index contributed by atoms with van der Waals surface area (Å²) in [7, 11) is -0.401. The molecule has 136 valence electrons. The molecule has 26 heavy (non-hydrogen) atoms. The highest BCUT2D eigenvalue weighted by molar-refractivity contribution is 6.62. The zero-order valence-electron chi connectivity index (χ0n) is 15.6. The smallest absolute Gasteiger partial charge is 0.399 e. The fourth-order valence-corrected chi connectivity index (χ4v) is 3.16. The summed E-state index contributed by atoms with van der Waals surface area (Å²) in [5, 5.41) is 0. The molecule has 0 radical (unpaired) electrons. The van der Waals surface area contributed by atoms with Crippen molar-refractivity contribution >= 4 is 12.6 Å². The molecule has 2 aliphatic heterocycles. The Bertz CT molecular complexity index is 873. The Kier molecular flexibility index (Phi) is 4.06. The molecular weight excluding hydrogens is 331 g/mol. The van der Waals surface area contributed by atoms with Gasteiger partial charge in [0.05, 0.1) is 35.7 Å². The SMILES string of the molecule is CC1(C)OB(c2ccc(-c3nc4c(c(=O)[nH]3)COCC4)cc2)OC1(C)C. The van der Waals surface area contributed by atoms with Crippen LogP contribution in [0.3, 0.4) is 0 Å². The molecule has 0 aliphatic carbocycles. The normalized spacial score (nSPS) is 20.8. The summed E-state index contributed by atoms with van der Waals surface area (Å²) in [6.45, 7) is 9.07. The lowest BCUT2D eigenvalue weighted by Crippen LogP contribution is -2.41. The minimum Gasteiger partial charge on any atom is -0.399 e. The largest absolute Gasteiger partial charge is 0.494 e. The lowest BCUT2D eigenvalue weighted by molar-refractivity contribution is 0.00578. The Labute approximate surface area is 153 Å². The highest BCUT2D eigenvalue weighted by atomic mass is 16.7. The van der Waals surface area contributed by atoms with Gasteiger partial charge in [-0.3, -0.25) is 4.79 Å². The maximum absolute atomic E-state index is 12.3. The fourth-order valence-electron chi connectivity index (χ4n) is 3.16. The van der Waals surface area contributed by atoms with Crippen molar-refractivity contribution in [3.63, 3.8) is 0 Å². The first-order valence-electron chi connectivity index (χ1n) is 8.93. The zero-order valence-corrected chi connectivity index (χ0v) is 15.6. The minimum absolute atomic E-state index is 0.125. The van der Waals surface area contributed by atoms with Gasteiger partial charge in [-0.15, -0.1) is 0 Å². The molecule has 0 unspecified atom stereocenters. The zero-order chi connectivity index (χ0) is 18.5. The van der Waals surface area contributed by atoms with E-state index >= 15 is 0 Å². The summed E-state index contributed by atoms with van der Waals surface area (Å²) in [6, 6.07) is 7.79. The molecule has 1 aromatic heterocycles. The van der Waals surface area contributed by atoms with E-state index in [2.05, 4.69) is 9.97 Å². The topological polar surface area (TPSA) is 73.4 Å². The Morgan fingerprint density at radius 2 is 1.73 bits per heavy atom. The van der Waals surface area contributed by atoms with Gasteiger partial charge < -0.3 is 19.0 Å². The summed E-state index contributed by atoms with van der Waals surface area (Å²) in [4.78, 5) is 19.7. The number of aromatic amines is 1. The van der Waals surface area contributed by atoms with E-state index < -0.39 is 7.12 Å². The molecule has 4 rings (SSSR count). The number of nitrogens with zero attached hydrogens (tertiary/aromatic N) is 1. The molecule has 6 nitrogen and oxygen atoms in total. The Morgan fingerprint density at radius 1 is 1.08 bits per heavy atom. The molecule has 0 bridgehead atoms. The van der Waals surface area contributed by atoms with Gasteiger partial charge in [-0.05, 0) is 33.2 Å². The number of H-pyrrole nitrogens is 1. The van der Waals surface area contributed by atoms with Crippen molar-refractivity contribution in [3.8, 4) is 11.4 Å². The predicted molar refractivity (Wildman–Crippen MR) is 99.4 cm³/mol. The van der Waals surface area contributed by atoms with Gasteiger partial charge in [0, 0.05) is 12.0 Å². The van der Waals surface area contributed by atoms with Crippen molar-refractivity contribution in [3.05, 3.63) is 45.9 Å². The van der Waals surface area contributed by atoms with E-state index in [-0.39, 0.29) is 16.8 Å². The van der Waals surface area contributed by atoms with Crippen LogP contribution in [-0.2, 0) is 27.1 Å². The van der Waals surface area contributed by atoms with Crippen LogP contribution in [0.4, 0.5) is 0 Å². The van der Waals surface area contributed by atoms with Crippen LogP contribution >= 0.6 is 0 Å². The van der Waals surface area contributed by atoms with Crippen LogP contribution in [0.1, 0.15) is 39.0 Å². The molecule has 3 heterocycles. The maximum atomic E-state index is 12.3. The molecular formula is C19H23BN2O4. The third kappa shape index (κ3) is 2.90. The van der Waals surface area contributed by atoms with Crippen LogP contribution in [0.2, 0.25) is 0 Å². The number of hydrogen-bond donors (Lipinski definition) is 1. The molecule has 1 aromatic carbocycles. The van der Waals surface area contributed by atoms with Gasteiger partial charge in [-0.2, -0.15) is 0 Å². The number of aromatic nitrogens is 2. The average molecular weight is 354 g/mol. The quantitative estimate of drug-likeness (QED) is 0.833. The third-order valence-corrected chi connectivity index (χ3v) is 5.54. The van der Waals surface area contributed by atoms with Gasteiger partial charge in [0.25, 0.3) is 5.56 Å². The van der Waals surface area contributed by atoms with E-state index in [1.165, 1.54) is 0 Å². The van der Waals surface area contributed by atoms with E-state index in [1.54, 1.807) is 0 Å². The standard InChI is InChI=1S/C19H23BN2O4/c1-18(2)19(3,4)26-20(25-18)13-7-5-12(6-8-13)16-21-15-9-10-24-11-14(15)17(23)22-16/h5-8H,9-11H2,1-4H3,(H,21,22,23). The predicted octanol–water partition coefficient (Wildman–Crippen LogP) is 1.81. The summed E-state index contributed by atoms with van der Waals surface area (Å²) in [5.74, 6) is 0.580. The van der Waals surface area contributed by atoms with Crippen molar-refractivity contribution in [2.24, 2.45) is 0 Å². The van der Waals surface area contributed by atoms with E-state index in [1.807, 2.05) is 52.0 Å². The molecule has 0 atom stereocenters. The number of ether oxygens (including phenoxy) is 1. The molecule has 1 saturated heterocycles. The van der Waals surface area contributed by atoms with Crippen LogP contribution < -0.4 is 11.0 Å². The fraction of sp³-hybridized carbons (Fsp3) is 0.474. The Balaban J connectivity index is 1.61. The molecule has 0 saturated carbocycles. The third-order valence-electron chi connectivity index (χ3n) is 5.54. The van der Waals surface area contributed by atoms with Crippen molar-refractivity contribution in [1.29, 1.82) is 0 Å². The summed E-state index contributed by atoms with van der Waals surface area (Å²) in [6.07, 6.45) is 0.665. The number of rotatable bonds is 2. The molecule has 0 spiro atoms. The first-order chi connectivity index (χ1) is 12.3. The van der Waals surface area contributed by atoms with Gasteiger partial charge in [0.1, 0.15) is 5.82 Å². The Hall–Kier alpha value is -1.96. The van der Waals surface area contributed by atoms with E-state index in [9.17, 15) is 4.79 Å². The van der Waals surface area contributed by atoms with Gasteiger partial charge in [0.2, 0.25) is 0 Å².